The van der Waals surface area contributed by atoms with Crippen LogP contribution in [0.4, 0.5) is 0 Å². The molecule has 1 atom stereocenters. The molecule has 0 radical (unpaired) electrons. The monoisotopic (exact) mass is 169 g/mol. The van der Waals surface area contributed by atoms with Crippen molar-refractivity contribution in [3.8, 4) is 0 Å². The van der Waals surface area contributed by atoms with Gasteiger partial charge in [0, 0.05) is 19.6 Å². The molecular weight excluding hydrogens is 158 g/mol. The summed E-state index contributed by atoms with van der Waals surface area (Å²) in [5.41, 5.74) is 0. The van der Waals surface area contributed by atoms with Crippen LogP contribution in [0.25, 0.3) is 0 Å². The van der Waals surface area contributed by atoms with Crippen molar-refractivity contribution in [2.45, 2.75) is 6.04 Å². The highest BCUT2D eigenvalue weighted by Gasteiger charge is 2.36. The van der Waals surface area contributed by atoms with E-state index in [9.17, 15) is 9.59 Å². The summed E-state index contributed by atoms with van der Waals surface area (Å²) >= 11 is 0. The third kappa shape index (κ3) is 1.06. The molecule has 5 nitrogen and oxygen atoms in total. The predicted molar refractivity (Wildman–Crippen MR) is 41.4 cm³/mol. The lowest BCUT2D eigenvalue weighted by atomic mass is 10.1. The van der Waals surface area contributed by atoms with E-state index >= 15 is 0 Å². The Labute approximate surface area is 70.1 Å². The molecule has 2 saturated heterocycles. The number of hydrogen-bond donors (Lipinski definition) is 2. The van der Waals surface area contributed by atoms with Crippen LogP contribution < -0.4 is 10.6 Å². The summed E-state index contributed by atoms with van der Waals surface area (Å²) in [4.78, 5) is 23.9. The average Bonchev–Trinajstić information content (AvgIpc) is 2.06. The van der Waals surface area contributed by atoms with Gasteiger partial charge in [-0.3, -0.25) is 9.59 Å². The smallest absolute Gasteiger partial charge is 0.244 e. The zero-order valence-electron chi connectivity index (χ0n) is 6.67. The van der Waals surface area contributed by atoms with Crippen LogP contribution in [0, 0.1) is 0 Å². The Balaban J connectivity index is 2.01. The summed E-state index contributed by atoms with van der Waals surface area (Å²) in [5, 5.41) is 5.58. The van der Waals surface area contributed by atoms with Gasteiger partial charge in [-0.15, -0.1) is 0 Å². The van der Waals surface area contributed by atoms with Gasteiger partial charge in [-0.25, -0.2) is 0 Å². The van der Waals surface area contributed by atoms with E-state index in [-0.39, 0.29) is 17.9 Å². The van der Waals surface area contributed by atoms with Crippen LogP contribution in [0.1, 0.15) is 0 Å². The molecule has 0 aliphatic carbocycles. The van der Waals surface area contributed by atoms with Gasteiger partial charge in [0.15, 0.2) is 0 Å². The molecule has 0 aromatic rings. The molecule has 0 aromatic heterocycles. The predicted octanol–water partition coefficient (Wildman–Crippen LogP) is -2.08. The lowest BCUT2D eigenvalue weighted by Gasteiger charge is -2.38. The lowest BCUT2D eigenvalue weighted by molar-refractivity contribution is -0.146. The van der Waals surface area contributed by atoms with Crippen LogP contribution in [-0.2, 0) is 9.59 Å². The average molecular weight is 169 g/mol. The maximum absolute atomic E-state index is 11.3. The Hall–Kier alpha value is -1.10. The van der Waals surface area contributed by atoms with Crippen molar-refractivity contribution in [3.63, 3.8) is 0 Å². The van der Waals surface area contributed by atoms with E-state index in [4.69, 9.17) is 0 Å². The molecule has 5 heteroatoms. The first kappa shape index (κ1) is 7.54. The van der Waals surface area contributed by atoms with Crippen molar-refractivity contribution in [1.82, 2.24) is 15.5 Å². The highest BCUT2D eigenvalue weighted by molar-refractivity contribution is 5.92. The number of carbonyl (C=O) groups is 2. The standard InChI is InChI=1S/C7H11N3O2/c11-6-4-8-1-2-10(6)5-3-9-7(5)12/h5,8H,1-4H2,(H,9,12). The number of hydrogen-bond acceptors (Lipinski definition) is 3. The minimum Gasteiger partial charge on any atom is -0.352 e. The fourth-order valence-electron chi connectivity index (χ4n) is 1.48. The number of carbonyl (C=O) groups excluding carboxylic acids is 2. The topological polar surface area (TPSA) is 61.4 Å². The molecule has 2 rings (SSSR count). The first-order chi connectivity index (χ1) is 5.79. The van der Waals surface area contributed by atoms with Crippen molar-refractivity contribution < 1.29 is 9.59 Å². The van der Waals surface area contributed by atoms with Gasteiger partial charge in [-0.05, 0) is 0 Å². The minimum absolute atomic E-state index is 0.0229. The molecule has 0 bridgehead atoms. The van der Waals surface area contributed by atoms with Crippen LogP contribution in [0.3, 0.4) is 0 Å². The third-order valence-corrected chi connectivity index (χ3v) is 2.27. The summed E-state index contributed by atoms with van der Waals surface area (Å²) in [6.07, 6.45) is 0. The van der Waals surface area contributed by atoms with Crippen molar-refractivity contribution in [3.05, 3.63) is 0 Å². The van der Waals surface area contributed by atoms with E-state index in [1.54, 1.807) is 4.90 Å². The van der Waals surface area contributed by atoms with Crippen LogP contribution in [0.15, 0.2) is 0 Å². The molecule has 12 heavy (non-hydrogen) atoms. The van der Waals surface area contributed by atoms with Gasteiger partial charge in [-0.2, -0.15) is 0 Å². The number of rotatable bonds is 1. The Kier molecular flexibility index (Phi) is 1.73. The van der Waals surface area contributed by atoms with Crippen molar-refractivity contribution in [2.75, 3.05) is 26.2 Å². The molecule has 2 aliphatic heterocycles. The maximum Gasteiger partial charge on any atom is 0.244 e. The van der Waals surface area contributed by atoms with E-state index in [1.807, 2.05) is 0 Å². The van der Waals surface area contributed by atoms with Crippen LogP contribution in [0.5, 0.6) is 0 Å². The molecule has 1 unspecified atom stereocenters. The van der Waals surface area contributed by atoms with Gasteiger partial charge < -0.3 is 15.5 Å². The quantitative estimate of drug-likeness (QED) is 0.443. The first-order valence-corrected chi connectivity index (χ1v) is 4.07. The Bertz CT molecular complexity index is 229. The second kappa shape index (κ2) is 2.75. The van der Waals surface area contributed by atoms with Gasteiger partial charge in [0.1, 0.15) is 6.04 Å². The zero-order valence-corrected chi connectivity index (χ0v) is 6.67. The molecule has 2 fully saturated rings. The molecule has 2 heterocycles. The Morgan fingerprint density at radius 1 is 1.42 bits per heavy atom. The summed E-state index contributed by atoms with van der Waals surface area (Å²) in [5.74, 6) is 0.00588. The highest BCUT2D eigenvalue weighted by Crippen LogP contribution is 2.07. The second-order valence-corrected chi connectivity index (χ2v) is 3.02. The summed E-state index contributed by atoms with van der Waals surface area (Å²) in [6.45, 7) is 2.42. The summed E-state index contributed by atoms with van der Waals surface area (Å²) in [7, 11) is 0. The van der Waals surface area contributed by atoms with E-state index in [0.29, 0.717) is 19.6 Å². The fraction of sp³-hybridized carbons (Fsp3) is 0.714. The molecule has 66 valence electrons. The molecule has 2 aliphatic rings. The van der Waals surface area contributed by atoms with Crippen molar-refractivity contribution in [2.24, 2.45) is 0 Å². The molecule has 2 amide bonds. The van der Waals surface area contributed by atoms with Gasteiger partial charge in [-0.1, -0.05) is 0 Å². The van der Waals surface area contributed by atoms with Gasteiger partial charge in [0.05, 0.1) is 6.54 Å². The number of nitrogens with one attached hydrogen (secondary N) is 2. The van der Waals surface area contributed by atoms with Crippen LogP contribution >= 0.6 is 0 Å². The molecule has 0 spiro atoms. The number of amides is 2. The number of β-lactam (4-membered cyclic amide) rings is 1. The van der Waals surface area contributed by atoms with E-state index in [1.165, 1.54) is 0 Å². The molecule has 0 aromatic carbocycles. The van der Waals surface area contributed by atoms with E-state index < -0.39 is 0 Å². The maximum atomic E-state index is 11.3. The molecule has 2 N–H and O–H groups in total. The largest absolute Gasteiger partial charge is 0.352 e. The zero-order chi connectivity index (χ0) is 8.55. The highest BCUT2D eigenvalue weighted by atomic mass is 16.2. The van der Waals surface area contributed by atoms with Crippen molar-refractivity contribution >= 4 is 11.8 Å². The molecule has 0 saturated carbocycles. The third-order valence-electron chi connectivity index (χ3n) is 2.27. The Morgan fingerprint density at radius 3 is 2.75 bits per heavy atom. The number of nitrogens with zero attached hydrogens (tertiary/aromatic N) is 1. The normalized spacial score (nSPS) is 29.7. The molecular formula is C7H11N3O2. The van der Waals surface area contributed by atoms with Crippen LogP contribution in [-0.4, -0.2) is 48.9 Å². The minimum atomic E-state index is -0.195. The summed E-state index contributed by atoms with van der Waals surface area (Å²) < 4.78 is 0. The van der Waals surface area contributed by atoms with Gasteiger partial charge in [0.25, 0.3) is 0 Å². The lowest BCUT2D eigenvalue weighted by Crippen LogP contribution is -2.66. The van der Waals surface area contributed by atoms with Crippen molar-refractivity contribution in [1.29, 1.82) is 0 Å². The van der Waals surface area contributed by atoms with Gasteiger partial charge >= 0.3 is 0 Å². The van der Waals surface area contributed by atoms with Gasteiger partial charge in [0.2, 0.25) is 11.8 Å². The fourth-order valence-corrected chi connectivity index (χ4v) is 1.48. The SMILES string of the molecule is O=C1NCC1N1CCNCC1=O. The van der Waals surface area contributed by atoms with Crippen LogP contribution in [0.2, 0.25) is 0 Å². The Morgan fingerprint density at radius 2 is 2.25 bits per heavy atom. The number of piperazine rings is 1. The first-order valence-electron chi connectivity index (χ1n) is 4.07. The second-order valence-electron chi connectivity index (χ2n) is 3.02. The van der Waals surface area contributed by atoms with E-state index in [2.05, 4.69) is 10.6 Å². The summed E-state index contributed by atoms with van der Waals surface area (Å²) in [6, 6.07) is -0.195. The van der Waals surface area contributed by atoms with E-state index in [0.717, 1.165) is 6.54 Å².